The molecule has 0 saturated carbocycles. The SMILES string of the molecule is Cc1ccc2nc(C)c(C(=O)Nc3ccnn3Cc3ccc(N(C)C)cc3)cc2c1. The summed E-state index contributed by atoms with van der Waals surface area (Å²) in [5.74, 6) is 0.466. The Balaban J connectivity index is 1.55. The van der Waals surface area contributed by atoms with Gasteiger partial charge in [0.2, 0.25) is 0 Å². The zero-order chi connectivity index (χ0) is 21.3. The Morgan fingerprint density at radius 1 is 1.03 bits per heavy atom. The lowest BCUT2D eigenvalue weighted by Crippen LogP contribution is -2.17. The summed E-state index contributed by atoms with van der Waals surface area (Å²) < 4.78 is 1.79. The minimum atomic E-state index is -0.187. The number of amides is 1. The van der Waals surface area contributed by atoms with Crippen molar-refractivity contribution in [2.75, 3.05) is 24.3 Å². The van der Waals surface area contributed by atoms with E-state index >= 15 is 0 Å². The minimum absolute atomic E-state index is 0.187. The van der Waals surface area contributed by atoms with Crippen molar-refractivity contribution in [3.05, 3.63) is 83.2 Å². The molecule has 0 atom stereocenters. The molecular weight excluding hydrogens is 374 g/mol. The number of rotatable bonds is 5. The number of hydrogen-bond donors (Lipinski definition) is 1. The molecule has 0 aliphatic heterocycles. The van der Waals surface area contributed by atoms with Crippen LogP contribution in [0.1, 0.15) is 27.2 Å². The number of benzene rings is 2. The maximum absolute atomic E-state index is 13.0. The molecule has 6 heteroatoms. The van der Waals surface area contributed by atoms with Crippen molar-refractivity contribution < 1.29 is 4.79 Å². The summed E-state index contributed by atoms with van der Waals surface area (Å²) in [6.07, 6.45) is 1.69. The lowest BCUT2D eigenvalue weighted by Gasteiger charge is -2.14. The van der Waals surface area contributed by atoms with E-state index in [2.05, 4.69) is 44.6 Å². The Bertz CT molecular complexity index is 1210. The maximum atomic E-state index is 13.0. The highest BCUT2D eigenvalue weighted by Gasteiger charge is 2.14. The molecule has 0 saturated heterocycles. The van der Waals surface area contributed by atoms with Crippen LogP contribution in [0.2, 0.25) is 0 Å². The quantitative estimate of drug-likeness (QED) is 0.540. The van der Waals surface area contributed by atoms with E-state index in [0.717, 1.165) is 27.7 Å². The number of nitrogens with zero attached hydrogens (tertiary/aromatic N) is 4. The van der Waals surface area contributed by atoms with Crippen molar-refractivity contribution in [3.8, 4) is 0 Å². The third kappa shape index (κ3) is 4.03. The summed E-state index contributed by atoms with van der Waals surface area (Å²) in [4.78, 5) is 19.6. The van der Waals surface area contributed by atoms with Crippen LogP contribution in [0.15, 0.2) is 60.8 Å². The van der Waals surface area contributed by atoms with Gasteiger partial charge in [0, 0.05) is 31.2 Å². The Hall–Kier alpha value is -3.67. The smallest absolute Gasteiger partial charge is 0.258 e. The van der Waals surface area contributed by atoms with Crippen LogP contribution >= 0.6 is 0 Å². The van der Waals surface area contributed by atoms with Gasteiger partial charge in [-0.15, -0.1) is 0 Å². The van der Waals surface area contributed by atoms with Crippen LogP contribution in [-0.2, 0) is 6.54 Å². The largest absolute Gasteiger partial charge is 0.378 e. The second kappa shape index (κ2) is 7.99. The monoisotopic (exact) mass is 399 g/mol. The predicted octanol–water partition coefficient (Wildman–Crippen LogP) is 4.41. The van der Waals surface area contributed by atoms with Crippen LogP contribution in [0.25, 0.3) is 10.9 Å². The molecule has 1 amide bonds. The minimum Gasteiger partial charge on any atom is -0.378 e. The number of anilines is 2. The summed E-state index contributed by atoms with van der Waals surface area (Å²) >= 11 is 0. The second-order valence-corrected chi connectivity index (χ2v) is 7.71. The van der Waals surface area contributed by atoms with E-state index < -0.39 is 0 Å². The first-order chi connectivity index (χ1) is 14.4. The maximum Gasteiger partial charge on any atom is 0.258 e. The molecule has 0 spiro atoms. The molecule has 0 unspecified atom stereocenters. The fourth-order valence-electron chi connectivity index (χ4n) is 3.44. The van der Waals surface area contributed by atoms with Crippen LogP contribution in [0.3, 0.4) is 0 Å². The topological polar surface area (TPSA) is 63.1 Å². The van der Waals surface area contributed by atoms with Gasteiger partial charge in [0.25, 0.3) is 5.91 Å². The van der Waals surface area contributed by atoms with E-state index in [1.54, 1.807) is 16.9 Å². The Kier molecular flexibility index (Phi) is 5.23. The molecule has 0 radical (unpaired) electrons. The molecule has 1 N–H and O–H groups in total. The third-order valence-corrected chi connectivity index (χ3v) is 5.15. The molecular formula is C24H25N5O. The first-order valence-electron chi connectivity index (χ1n) is 9.88. The molecule has 0 fully saturated rings. The third-order valence-electron chi connectivity index (χ3n) is 5.15. The molecule has 4 aromatic rings. The number of carbonyl (C=O) groups excluding carboxylic acids is 1. The lowest BCUT2D eigenvalue weighted by molar-refractivity contribution is 0.102. The number of aryl methyl sites for hydroxylation is 2. The van der Waals surface area contributed by atoms with Crippen molar-refractivity contribution in [2.45, 2.75) is 20.4 Å². The second-order valence-electron chi connectivity index (χ2n) is 7.71. The van der Waals surface area contributed by atoms with Gasteiger partial charge in [-0.05, 0) is 49.7 Å². The van der Waals surface area contributed by atoms with Gasteiger partial charge in [0.05, 0.1) is 29.5 Å². The first-order valence-corrected chi connectivity index (χ1v) is 9.88. The van der Waals surface area contributed by atoms with Crippen molar-refractivity contribution in [3.63, 3.8) is 0 Å². The Morgan fingerprint density at radius 2 is 1.80 bits per heavy atom. The van der Waals surface area contributed by atoms with Crippen molar-refractivity contribution in [2.24, 2.45) is 0 Å². The van der Waals surface area contributed by atoms with Gasteiger partial charge in [0.15, 0.2) is 0 Å². The highest BCUT2D eigenvalue weighted by molar-refractivity contribution is 6.06. The highest BCUT2D eigenvalue weighted by Crippen LogP contribution is 2.20. The Labute approximate surface area is 176 Å². The molecule has 2 aromatic heterocycles. The number of pyridine rings is 1. The van der Waals surface area contributed by atoms with Gasteiger partial charge in [0.1, 0.15) is 5.82 Å². The number of fused-ring (bicyclic) bond motifs is 1. The molecule has 0 bridgehead atoms. The molecule has 2 aromatic carbocycles. The van der Waals surface area contributed by atoms with E-state index in [0.29, 0.717) is 23.6 Å². The van der Waals surface area contributed by atoms with Crippen LogP contribution in [0, 0.1) is 13.8 Å². The summed E-state index contributed by atoms with van der Waals surface area (Å²) in [5, 5.41) is 8.32. The van der Waals surface area contributed by atoms with E-state index in [4.69, 9.17) is 0 Å². The standard InChI is InChI=1S/C24H25N5O/c1-16-5-10-22-19(13-16)14-21(17(2)26-22)24(30)27-23-11-12-25-29(23)15-18-6-8-20(9-7-18)28(3)4/h5-14H,15H2,1-4H3,(H,27,30). The van der Waals surface area contributed by atoms with Gasteiger partial charge in [-0.1, -0.05) is 23.8 Å². The lowest BCUT2D eigenvalue weighted by atomic mass is 10.1. The van der Waals surface area contributed by atoms with Crippen LogP contribution in [-0.4, -0.2) is 34.8 Å². The van der Waals surface area contributed by atoms with E-state index in [-0.39, 0.29) is 5.91 Å². The van der Waals surface area contributed by atoms with E-state index in [9.17, 15) is 4.79 Å². The molecule has 30 heavy (non-hydrogen) atoms. The molecule has 0 aliphatic carbocycles. The molecule has 0 aliphatic rings. The first kappa shape index (κ1) is 19.6. The van der Waals surface area contributed by atoms with Gasteiger partial charge in [-0.3, -0.25) is 9.78 Å². The zero-order valence-corrected chi connectivity index (χ0v) is 17.7. The predicted molar refractivity (Wildman–Crippen MR) is 121 cm³/mol. The van der Waals surface area contributed by atoms with Crippen molar-refractivity contribution in [1.82, 2.24) is 14.8 Å². The molecule has 2 heterocycles. The number of aromatic nitrogens is 3. The zero-order valence-electron chi connectivity index (χ0n) is 17.7. The number of hydrogen-bond acceptors (Lipinski definition) is 4. The van der Waals surface area contributed by atoms with Gasteiger partial charge in [-0.2, -0.15) is 5.10 Å². The fraction of sp³-hybridized carbons (Fsp3) is 0.208. The molecule has 4 rings (SSSR count). The van der Waals surface area contributed by atoms with E-state index in [1.807, 2.05) is 52.2 Å². The van der Waals surface area contributed by atoms with Crippen LogP contribution in [0.4, 0.5) is 11.5 Å². The van der Waals surface area contributed by atoms with Crippen molar-refractivity contribution in [1.29, 1.82) is 0 Å². The van der Waals surface area contributed by atoms with Crippen molar-refractivity contribution >= 4 is 28.3 Å². The number of carbonyl (C=O) groups is 1. The summed E-state index contributed by atoms with van der Waals surface area (Å²) in [6.45, 7) is 4.46. The van der Waals surface area contributed by atoms with Gasteiger partial charge < -0.3 is 10.2 Å². The average Bonchev–Trinajstić information content (AvgIpc) is 3.14. The molecule has 6 nitrogen and oxygen atoms in total. The normalized spacial score (nSPS) is 10.9. The van der Waals surface area contributed by atoms with E-state index in [1.165, 1.54) is 0 Å². The van der Waals surface area contributed by atoms with Crippen LogP contribution in [0.5, 0.6) is 0 Å². The summed E-state index contributed by atoms with van der Waals surface area (Å²) in [5.41, 5.74) is 5.55. The average molecular weight is 399 g/mol. The van der Waals surface area contributed by atoms with Gasteiger partial charge >= 0.3 is 0 Å². The summed E-state index contributed by atoms with van der Waals surface area (Å²) in [6, 6.07) is 18.0. The highest BCUT2D eigenvalue weighted by atomic mass is 16.1. The van der Waals surface area contributed by atoms with Gasteiger partial charge in [-0.25, -0.2) is 4.68 Å². The molecule has 152 valence electrons. The number of nitrogens with one attached hydrogen (secondary N) is 1. The Morgan fingerprint density at radius 3 is 2.53 bits per heavy atom. The summed E-state index contributed by atoms with van der Waals surface area (Å²) in [7, 11) is 4.03. The fourth-order valence-corrected chi connectivity index (χ4v) is 3.44. The van der Waals surface area contributed by atoms with Crippen LogP contribution < -0.4 is 10.2 Å².